The summed E-state index contributed by atoms with van der Waals surface area (Å²) >= 11 is 7.04. The van der Waals surface area contributed by atoms with Gasteiger partial charge >= 0.3 is 6.18 Å². The Bertz CT molecular complexity index is 955. The number of hydrogen-bond acceptors (Lipinski definition) is 4. The van der Waals surface area contributed by atoms with Crippen LogP contribution in [-0.4, -0.2) is 49.7 Å². The molecule has 1 aliphatic rings. The lowest BCUT2D eigenvalue weighted by molar-refractivity contribution is -0.137. The highest BCUT2D eigenvalue weighted by molar-refractivity contribution is 7.89. The molecule has 0 spiro atoms. The molecule has 1 amide bonds. The lowest BCUT2D eigenvalue weighted by atomic mass is 10.2. The van der Waals surface area contributed by atoms with Crippen LogP contribution in [0.15, 0.2) is 39.9 Å². The Balaban J connectivity index is 1.70. The number of halogens is 4. The number of carbonyl (C=O) groups excluding carboxylic acids is 1. The number of hydrogen-bond donors (Lipinski definition) is 0. The predicted octanol–water partition coefficient (Wildman–Crippen LogP) is 3.50. The van der Waals surface area contributed by atoms with Gasteiger partial charge in [0.15, 0.2) is 0 Å². The molecule has 0 saturated carbocycles. The number of piperazine rings is 1. The third-order valence-corrected chi connectivity index (χ3v) is 7.36. The van der Waals surface area contributed by atoms with Crippen molar-refractivity contribution in [1.29, 1.82) is 0 Å². The maximum Gasteiger partial charge on any atom is 0.417 e. The molecule has 0 bridgehead atoms. The van der Waals surface area contributed by atoms with Gasteiger partial charge in [0.05, 0.1) is 21.9 Å². The Morgan fingerprint density at radius 1 is 1.14 bits per heavy atom. The fourth-order valence-corrected chi connectivity index (χ4v) is 5.23. The summed E-state index contributed by atoms with van der Waals surface area (Å²) in [5.74, 6) is -0.110. The average Bonchev–Trinajstić information content (AvgIpc) is 3.14. The van der Waals surface area contributed by atoms with Crippen LogP contribution in [0.25, 0.3) is 0 Å². The summed E-state index contributed by atoms with van der Waals surface area (Å²) in [5.41, 5.74) is -0.300. The maximum absolute atomic E-state index is 13.0. The predicted molar refractivity (Wildman–Crippen MR) is 99.8 cm³/mol. The van der Waals surface area contributed by atoms with Gasteiger partial charge in [-0.3, -0.25) is 4.79 Å². The van der Waals surface area contributed by atoms with Crippen molar-refractivity contribution in [3.8, 4) is 0 Å². The van der Waals surface area contributed by atoms with E-state index in [1.54, 1.807) is 4.90 Å². The highest BCUT2D eigenvalue weighted by atomic mass is 35.5. The van der Waals surface area contributed by atoms with Crippen LogP contribution in [0.1, 0.15) is 11.1 Å². The Hall–Kier alpha value is -1.62. The third-order valence-electron chi connectivity index (χ3n) is 4.41. The minimum Gasteiger partial charge on any atom is -0.340 e. The standard InChI is InChI=1S/C17H16ClF3N2O3S2/c18-15-2-1-13(10-14(15)17(19,20)21)28(25,26)23-6-4-22(5-7-23)16(24)9-12-3-8-27-11-12/h1-3,8,10-11H,4-7,9H2. The van der Waals surface area contributed by atoms with Gasteiger partial charge in [-0.2, -0.15) is 28.8 Å². The van der Waals surface area contributed by atoms with Gasteiger partial charge in [-0.05, 0) is 40.6 Å². The van der Waals surface area contributed by atoms with E-state index in [4.69, 9.17) is 11.6 Å². The van der Waals surface area contributed by atoms with Crippen molar-refractivity contribution in [3.05, 3.63) is 51.2 Å². The van der Waals surface area contributed by atoms with Crippen molar-refractivity contribution in [2.24, 2.45) is 0 Å². The summed E-state index contributed by atoms with van der Waals surface area (Å²) in [6, 6.07) is 4.38. The number of benzene rings is 1. The molecule has 2 heterocycles. The highest BCUT2D eigenvalue weighted by Gasteiger charge is 2.36. The molecule has 1 saturated heterocycles. The first-order valence-electron chi connectivity index (χ1n) is 8.25. The Kier molecular flexibility index (Phi) is 6.04. The van der Waals surface area contributed by atoms with E-state index >= 15 is 0 Å². The van der Waals surface area contributed by atoms with E-state index in [9.17, 15) is 26.4 Å². The molecule has 0 N–H and O–H groups in total. The average molecular weight is 453 g/mol. The van der Waals surface area contributed by atoms with Crippen molar-refractivity contribution in [3.63, 3.8) is 0 Å². The van der Waals surface area contributed by atoms with Gasteiger partial charge in [0.2, 0.25) is 15.9 Å². The zero-order valence-corrected chi connectivity index (χ0v) is 16.8. The van der Waals surface area contributed by atoms with Crippen LogP contribution in [0.2, 0.25) is 5.02 Å². The van der Waals surface area contributed by atoms with Crippen LogP contribution in [0.4, 0.5) is 13.2 Å². The molecule has 5 nitrogen and oxygen atoms in total. The molecule has 1 aromatic carbocycles. The highest BCUT2D eigenvalue weighted by Crippen LogP contribution is 2.36. The molecule has 28 heavy (non-hydrogen) atoms. The van der Waals surface area contributed by atoms with E-state index in [2.05, 4.69) is 0 Å². The second-order valence-corrected chi connectivity index (χ2v) is 9.36. The van der Waals surface area contributed by atoms with Crippen LogP contribution in [0, 0.1) is 0 Å². The van der Waals surface area contributed by atoms with E-state index in [1.165, 1.54) is 11.3 Å². The summed E-state index contributed by atoms with van der Waals surface area (Å²) < 4.78 is 65.6. The molecule has 0 radical (unpaired) electrons. The number of alkyl halides is 3. The molecule has 152 valence electrons. The zero-order valence-electron chi connectivity index (χ0n) is 14.4. The first-order valence-corrected chi connectivity index (χ1v) is 11.0. The van der Waals surface area contributed by atoms with Crippen LogP contribution in [0.3, 0.4) is 0 Å². The monoisotopic (exact) mass is 452 g/mol. The minimum absolute atomic E-state index is 0.0156. The van der Waals surface area contributed by atoms with Gasteiger partial charge in [-0.1, -0.05) is 11.6 Å². The maximum atomic E-state index is 13.0. The van der Waals surface area contributed by atoms with Gasteiger partial charge in [-0.15, -0.1) is 0 Å². The number of sulfonamides is 1. The summed E-state index contributed by atoms with van der Waals surface area (Å²) in [7, 11) is -4.12. The second-order valence-electron chi connectivity index (χ2n) is 6.23. The Morgan fingerprint density at radius 2 is 1.82 bits per heavy atom. The van der Waals surface area contributed by atoms with E-state index in [0.717, 1.165) is 22.0 Å². The van der Waals surface area contributed by atoms with Gasteiger partial charge < -0.3 is 4.90 Å². The number of rotatable bonds is 4. The number of thiophene rings is 1. The van der Waals surface area contributed by atoms with Crippen LogP contribution in [0.5, 0.6) is 0 Å². The molecular formula is C17H16ClF3N2O3S2. The van der Waals surface area contributed by atoms with Crippen molar-refractivity contribution in [2.75, 3.05) is 26.2 Å². The fraction of sp³-hybridized carbons (Fsp3) is 0.353. The van der Waals surface area contributed by atoms with Crippen molar-refractivity contribution in [2.45, 2.75) is 17.5 Å². The van der Waals surface area contributed by atoms with E-state index < -0.39 is 31.7 Å². The Morgan fingerprint density at radius 3 is 2.39 bits per heavy atom. The first kappa shape index (κ1) is 21.1. The molecule has 1 fully saturated rings. The van der Waals surface area contributed by atoms with E-state index in [1.807, 2.05) is 16.8 Å². The Labute approximate surface area is 169 Å². The lowest BCUT2D eigenvalue weighted by Gasteiger charge is -2.34. The first-order chi connectivity index (χ1) is 13.1. The number of carbonyl (C=O) groups is 1. The van der Waals surface area contributed by atoms with E-state index in [0.29, 0.717) is 6.07 Å². The van der Waals surface area contributed by atoms with Crippen molar-refractivity contribution < 1.29 is 26.4 Å². The largest absolute Gasteiger partial charge is 0.417 e. The van der Waals surface area contributed by atoms with Crippen LogP contribution < -0.4 is 0 Å². The van der Waals surface area contributed by atoms with Gasteiger partial charge in [0.1, 0.15) is 0 Å². The molecule has 1 aliphatic heterocycles. The second kappa shape index (κ2) is 8.02. The summed E-state index contributed by atoms with van der Waals surface area (Å²) in [5, 5.41) is 3.18. The van der Waals surface area contributed by atoms with Crippen LogP contribution in [-0.2, 0) is 27.4 Å². The van der Waals surface area contributed by atoms with E-state index in [-0.39, 0.29) is 38.5 Å². The molecule has 2 aromatic rings. The fourth-order valence-electron chi connectivity index (χ4n) is 2.89. The van der Waals surface area contributed by atoms with Gasteiger partial charge in [0.25, 0.3) is 0 Å². The van der Waals surface area contributed by atoms with Gasteiger partial charge in [-0.25, -0.2) is 8.42 Å². The molecule has 1 aromatic heterocycles. The molecule has 0 atom stereocenters. The molecular weight excluding hydrogens is 437 g/mol. The van der Waals surface area contributed by atoms with Gasteiger partial charge in [0, 0.05) is 26.2 Å². The molecule has 11 heteroatoms. The lowest BCUT2D eigenvalue weighted by Crippen LogP contribution is -2.50. The molecule has 0 unspecified atom stereocenters. The van der Waals surface area contributed by atoms with Crippen molar-refractivity contribution in [1.82, 2.24) is 9.21 Å². The normalized spacial score (nSPS) is 16.4. The zero-order chi connectivity index (χ0) is 20.5. The summed E-state index contributed by atoms with van der Waals surface area (Å²) in [6.45, 7) is 0.396. The summed E-state index contributed by atoms with van der Waals surface area (Å²) in [4.78, 5) is 13.4. The third kappa shape index (κ3) is 4.51. The molecule has 0 aliphatic carbocycles. The van der Waals surface area contributed by atoms with Crippen molar-refractivity contribution >= 4 is 38.9 Å². The minimum atomic E-state index is -4.75. The SMILES string of the molecule is O=C(Cc1ccsc1)N1CCN(S(=O)(=O)c2ccc(Cl)c(C(F)(F)F)c2)CC1. The number of nitrogens with zero attached hydrogens (tertiary/aromatic N) is 2. The quantitative estimate of drug-likeness (QED) is 0.713. The summed E-state index contributed by atoms with van der Waals surface area (Å²) in [6.07, 6.45) is -4.52. The molecule has 3 rings (SSSR count). The number of amides is 1. The topological polar surface area (TPSA) is 57.7 Å². The van der Waals surface area contributed by atoms with Crippen LogP contribution >= 0.6 is 22.9 Å². The smallest absolute Gasteiger partial charge is 0.340 e.